The van der Waals surface area contributed by atoms with E-state index >= 15 is 0 Å². The van der Waals surface area contributed by atoms with Crippen molar-refractivity contribution in [3.8, 4) is 0 Å². The van der Waals surface area contributed by atoms with Gasteiger partial charge in [-0.1, -0.05) is 0 Å². The van der Waals surface area contributed by atoms with Crippen LogP contribution in [0, 0.1) is 0 Å². The van der Waals surface area contributed by atoms with Crippen LogP contribution in [0.2, 0.25) is 0 Å². The lowest BCUT2D eigenvalue weighted by Crippen LogP contribution is -2.23. The molecule has 2 aromatic rings. The van der Waals surface area contributed by atoms with Crippen molar-refractivity contribution in [3.63, 3.8) is 0 Å². The first-order chi connectivity index (χ1) is 8.15. The minimum Gasteiger partial charge on any atom is -0.397 e. The fourth-order valence-corrected chi connectivity index (χ4v) is 1.93. The number of H-pyrrole nitrogens is 1. The lowest BCUT2D eigenvalue weighted by molar-refractivity contribution is 0.868. The largest absolute Gasteiger partial charge is 0.397 e. The van der Waals surface area contributed by atoms with Gasteiger partial charge in [-0.25, -0.2) is 4.98 Å². The Morgan fingerprint density at radius 1 is 1.35 bits per heavy atom. The number of nitrogens with zero attached hydrogens (tertiary/aromatic N) is 2. The van der Waals surface area contributed by atoms with E-state index in [4.69, 9.17) is 5.73 Å². The van der Waals surface area contributed by atoms with Crippen LogP contribution in [0.4, 0.5) is 11.4 Å². The molecule has 17 heavy (non-hydrogen) atoms. The van der Waals surface area contributed by atoms with Crippen molar-refractivity contribution in [3.05, 3.63) is 28.7 Å². The highest BCUT2D eigenvalue weighted by Gasteiger charge is 2.08. The van der Waals surface area contributed by atoms with E-state index in [2.05, 4.69) is 28.7 Å². The number of hydrogen-bond donors (Lipinski definition) is 2. The highest BCUT2D eigenvalue weighted by Crippen LogP contribution is 2.26. The number of nitrogens with two attached hydrogens (primary N) is 1. The maximum atomic E-state index is 11.2. The molecule has 1 aromatic heterocycles. The second kappa shape index (κ2) is 4.45. The smallest absolute Gasteiger partial charge is 0.266 e. The van der Waals surface area contributed by atoms with E-state index in [0.29, 0.717) is 11.2 Å². The van der Waals surface area contributed by atoms with Gasteiger partial charge in [-0.15, -0.1) is 0 Å². The molecule has 1 heterocycles. The second-order valence-electron chi connectivity index (χ2n) is 3.85. The van der Waals surface area contributed by atoms with Gasteiger partial charge in [0.2, 0.25) is 0 Å². The van der Waals surface area contributed by atoms with E-state index in [1.165, 1.54) is 6.20 Å². The Balaban J connectivity index is 2.63. The van der Waals surface area contributed by atoms with E-state index in [1.54, 1.807) is 6.07 Å². The van der Waals surface area contributed by atoms with Gasteiger partial charge in [0.05, 0.1) is 28.6 Å². The third-order valence-electron chi connectivity index (χ3n) is 2.83. The summed E-state index contributed by atoms with van der Waals surface area (Å²) in [4.78, 5) is 20.1. The summed E-state index contributed by atoms with van der Waals surface area (Å²) in [6.45, 7) is 5.92. The molecule has 0 aliphatic carbocycles. The standard InChI is InChI=1S/C12H16N4O/c1-3-16(4-2)11-6-9-10(5-8(11)13)15-12(17)7-14-9/h5-7H,3-4,13H2,1-2H3,(H,15,17). The number of nitrogens with one attached hydrogen (secondary N) is 1. The van der Waals surface area contributed by atoms with E-state index in [9.17, 15) is 4.79 Å². The summed E-state index contributed by atoms with van der Waals surface area (Å²) in [6.07, 6.45) is 1.28. The fourth-order valence-electron chi connectivity index (χ4n) is 1.93. The highest BCUT2D eigenvalue weighted by atomic mass is 16.1. The maximum Gasteiger partial charge on any atom is 0.266 e. The predicted molar refractivity (Wildman–Crippen MR) is 70.3 cm³/mol. The minimum atomic E-state index is -0.215. The third kappa shape index (κ3) is 2.08. The number of aromatic amines is 1. The quantitative estimate of drug-likeness (QED) is 0.783. The molecule has 0 spiro atoms. The van der Waals surface area contributed by atoms with Gasteiger partial charge in [0.15, 0.2) is 0 Å². The van der Waals surface area contributed by atoms with Gasteiger partial charge in [-0.3, -0.25) is 4.79 Å². The van der Waals surface area contributed by atoms with Crippen LogP contribution in [0.5, 0.6) is 0 Å². The van der Waals surface area contributed by atoms with Gasteiger partial charge in [-0.2, -0.15) is 0 Å². The number of fused-ring (bicyclic) bond motifs is 1. The minimum absolute atomic E-state index is 0.215. The molecule has 0 saturated carbocycles. The summed E-state index contributed by atoms with van der Waals surface area (Å²) in [5.74, 6) is 0. The third-order valence-corrected chi connectivity index (χ3v) is 2.83. The molecule has 0 atom stereocenters. The van der Waals surface area contributed by atoms with Crippen molar-refractivity contribution in [2.24, 2.45) is 0 Å². The Bertz CT molecular complexity index is 587. The molecule has 90 valence electrons. The Morgan fingerprint density at radius 2 is 2.06 bits per heavy atom. The van der Waals surface area contributed by atoms with Crippen molar-refractivity contribution in [2.45, 2.75) is 13.8 Å². The predicted octanol–water partition coefficient (Wildman–Crippen LogP) is 1.35. The molecule has 0 fully saturated rings. The first kappa shape index (κ1) is 11.4. The van der Waals surface area contributed by atoms with Crippen molar-refractivity contribution >= 4 is 22.4 Å². The van der Waals surface area contributed by atoms with E-state index in [-0.39, 0.29) is 5.56 Å². The summed E-state index contributed by atoms with van der Waals surface area (Å²) in [5, 5.41) is 0. The lowest BCUT2D eigenvalue weighted by atomic mass is 10.2. The van der Waals surface area contributed by atoms with E-state index < -0.39 is 0 Å². The summed E-state index contributed by atoms with van der Waals surface area (Å²) < 4.78 is 0. The molecule has 0 bridgehead atoms. The molecule has 0 unspecified atom stereocenters. The summed E-state index contributed by atoms with van der Waals surface area (Å²) in [7, 11) is 0. The summed E-state index contributed by atoms with van der Waals surface area (Å²) >= 11 is 0. The van der Waals surface area contributed by atoms with Gasteiger partial charge in [-0.05, 0) is 26.0 Å². The van der Waals surface area contributed by atoms with Crippen LogP contribution in [0.25, 0.3) is 11.0 Å². The molecule has 1 aromatic carbocycles. The molecular weight excluding hydrogens is 216 g/mol. The molecule has 3 N–H and O–H groups in total. The normalized spacial score (nSPS) is 10.7. The zero-order valence-corrected chi connectivity index (χ0v) is 10.0. The van der Waals surface area contributed by atoms with Crippen LogP contribution in [0.3, 0.4) is 0 Å². The first-order valence-corrected chi connectivity index (χ1v) is 5.69. The number of aromatic nitrogens is 2. The number of hydrogen-bond acceptors (Lipinski definition) is 4. The van der Waals surface area contributed by atoms with Crippen LogP contribution >= 0.6 is 0 Å². The molecule has 0 radical (unpaired) electrons. The Kier molecular flexibility index (Phi) is 2.99. The Labute approximate surface area is 99.3 Å². The molecule has 0 aliphatic heterocycles. The van der Waals surface area contributed by atoms with Crippen molar-refractivity contribution in [2.75, 3.05) is 23.7 Å². The van der Waals surface area contributed by atoms with E-state index in [1.807, 2.05) is 6.07 Å². The maximum absolute atomic E-state index is 11.2. The van der Waals surface area contributed by atoms with Gasteiger partial charge < -0.3 is 15.6 Å². The van der Waals surface area contributed by atoms with Crippen LogP contribution in [0.1, 0.15) is 13.8 Å². The van der Waals surface area contributed by atoms with Crippen LogP contribution < -0.4 is 16.2 Å². The van der Waals surface area contributed by atoms with Crippen molar-refractivity contribution in [1.82, 2.24) is 9.97 Å². The Morgan fingerprint density at radius 3 is 2.71 bits per heavy atom. The molecule has 5 heteroatoms. The Hall–Kier alpha value is -2.04. The van der Waals surface area contributed by atoms with Crippen molar-refractivity contribution < 1.29 is 0 Å². The summed E-state index contributed by atoms with van der Waals surface area (Å²) in [6, 6.07) is 3.67. The molecule has 2 rings (SSSR count). The number of benzene rings is 1. The molecule has 0 amide bonds. The fraction of sp³-hybridized carbons (Fsp3) is 0.333. The average molecular weight is 232 g/mol. The monoisotopic (exact) mass is 232 g/mol. The zero-order valence-electron chi connectivity index (χ0n) is 10.0. The average Bonchev–Trinajstić information content (AvgIpc) is 2.31. The van der Waals surface area contributed by atoms with Gasteiger partial charge >= 0.3 is 0 Å². The van der Waals surface area contributed by atoms with Crippen LogP contribution in [0.15, 0.2) is 23.1 Å². The number of nitrogen functional groups attached to an aromatic ring is 1. The molecular formula is C12H16N4O. The van der Waals surface area contributed by atoms with Gasteiger partial charge in [0.25, 0.3) is 5.56 Å². The SMILES string of the molecule is CCN(CC)c1cc2ncc(=O)[nH]c2cc1N. The van der Waals surface area contributed by atoms with Crippen molar-refractivity contribution in [1.29, 1.82) is 0 Å². The number of rotatable bonds is 3. The van der Waals surface area contributed by atoms with Crippen LogP contribution in [-0.2, 0) is 0 Å². The second-order valence-corrected chi connectivity index (χ2v) is 3.85. The topological polar surface area (TPSA) is 75.0 Å². The lowest BCUT2D eigenvalue weighted by Gasteiger charge is -2.22. The van der Waals surface area contributed by atoms with Crippen LogP contribution in [-0.4, -0.2) is 23.1 Å². The molecule has 0 saturated heterocycles. The molecule has 0 aliphatic rings. The number of anilines is 2. The van der Waals surface area contributed by atoms with Gasteiger partial charge in [0, 0.05) is 13.1 Å². The van der Waals surface area contributed by atoms with E-state index in [0.717, 1.165) is 24.3 Å². The summed E-state index contributed by atoms with van der Waals surface area (Å²) in [5.41, 5.74) is 8.82. The zero-order chi connectivity index (χ0) is 12.4. The molecule has 5 nitrogen and oxygen atoms in total. The highest BCUT2D eigenvalue weighted by molar-refractivity contribution is 5.86. The van der Waals surface area contributed by atoms with Gasteiger partial charge in [0.1, 0.15) is 0 Å². The first-order valence-electron chi connectivity index (χ1n) is 5.69.